The molecule has 25 heavy (non-hydrogen) atoms. The van der Waals surface area contributed by atoms with Gasteiger partial charge in [-0.1, -0.05) is 13.8 Å². The summed E-state index contributed by atoms with van der Waals surface area (Å²) in [7, 11) is 0. The third-order valence-corrected chi connectivity index (χ3v) is 5.72. The van der Waals surface area contributed by atoms with Gasteiger partial charge in [0.2, 0.25) is 0 Å². The molecule has 4 atom stereocenters. The highest BCUT2D eigenvalue weighted by atomic mass is 16.7. The second-order valence-corrected chi connectivity index (χ2v) is 7.81. The highest BCUT2D eigenvalue weighted by molar-refractivity contribution is 5.93. The van der Waals surface area contributed by atoms with Crippen LogP contribution < -0.4 is 0 Å². The van der Waals surface area contributed by atoms with Crippen molar-refractivity contribution in [2.24, 2.45) is 11.3 Å². The van der Waals surface area contributed by atoms with Crippen LogP contribution in [-0.4, -0.2) is 35.5 Å². The summed E-state index contributed by atoms with van der Waals surface area (Å²) in [5, 5.41) is 10.8. The molecule has 0 aromatic carbocycles. The predicted molar refractivity (Wildman–Crippen MR) is 86.8 cm³/mol. The van der Waals surface area contributed by atoms with Crippen LogP contribution in [0.3, 0.4) is 0 Å². The van der Waals surface area contributed by atoms with Gasteiger partial charge in [-0.05, 0) is 42.7 Å². The molecule has 134 valence electrons. The van der Waals surface area contributed by atoms with E-state index in [1.807, 2.05) is 0 Å². The molecule has 2 aliphatic carbocycles. The third kappa shape index (κ3) is 2.42. The maximum absolute atomic E-state index is 12.3. The van der Waals surface area contributed by atoms with E-state index in [0.29, 0.717) is 11.1 Å². The standard InChI is InChI=1S/C19H22O6/c1-9-7-12(24-17(9)21)23-8-11-13-15(20)10-5-4-6-19(2,3)14(10)16(13)25-18(11)22/h7-8,12-13,15-16,20H,4-6H2,1-3H3/b11-8+/t12?,13-,15+,16?/m1/s1. The van der Waals surface area contributed by atoms with Gasteiger partial charge in [0.05, 0.1) is 23.9 Å². The lowest BCUT2D eigenvalue weighted by atomic mass is 9.72. The molecule has 6 heteroatoms. The lowest BCUT2D eigenvalue weighted by Crippen LogP contribution is -2.27. The van der Waals surface area contributed by atoms with E-state index in [9.17, 15) is 14.7 Å². The molecule has 1 fully saturated rings. The van der Waals surface area contributed by atoms with Gasteiger partial charge in [-0.15, -0.1) is 0 Å². The molecule has 2 unspecified atom stereocenters. The van der Waals surface area contributed by atoms with Crippen LogP contribution in [0.4, 0.5) is 0 Å². The minimum absolute atomic E-state index is 0.0919. The SMILES string of the molecule is CC1=CC(O/C=C2/C(=O)OC3C4=C(CCCC4(C)C)[C@H](O)[C@@H]23)OC1=O. The van der Waals surface area contributed by atoms with Crippen molar-refractivity contribution in [1.29, 1.82) is 0 Å². The lowest BCUT2D eigenvalue weighted by molar-refractivity contribution is -0.152. The number of hydrogen-bond acceptors (Lipinski definition) is 6. The third-order valence-electron chi connectivity index (χ3n) is 5.72. The van der Waals surface area contributed by atoms with Crippen molar-refractivity contribution in [3.05, 3.63) is 34.6 Å². The first kappa shape index (κ1) is 16.4. The first-order valence-electron chi connectivity index (χ1n) is 8.67. The molecule has 0 amide bonds. The number of fused-ring (bicyclic) bond motifs is 2. The van der Waals surface area contributed by atoms with E-state index < -0.39 is 36.4 Å². The van der Waals surface area contributed by atoms with Gasteiger partial charge in [-0.3, -0.25) is 0 Å². The molecule has 0 saturated carbocycles. The quantitative estimate of drug-likeness (QED) is 0.357. The van der Waals surface area contributed by atoms with Gasteiger partial charge in [0.25, 0.3) is 6.29 Å². The molecule has 0 radical (unpaired) electrons. The highest BCUT2D eigenvalue weighted by Gasteiger charge is 2.56. The van der Waals surface area contributed by atoms with Crippen LogP contribution in [0.5, 0.6) is 0 Å². The molecule has 4 aliphatic rings. The summed E-state index contributed by atoms with van der Waals surface area (Å²) < 4.78 is 16.1. The molecule has 1 N–H and O–H groups in total. The second kappa shape index (κ2) is 5.46. The van der Waals surface area contributed by atoms with Gasteiger partial charge in [0.15, 0.2) is 0 Å². The van der Waals surface area contributed by atoms with Crippen molar-refractivity contribution < 1.29 is 28.9 Å². The number of hydrogen-bond donors (Lipinski definition) is 1. The Morgan fingerprint density at radius 3 is 2.72 bits per heavy atom. The number of aliphatic hydroxyl groups is 1. The number of cyclic esters (lactones) is 1. The molecular weight excluding hydrogens is 324 g/mol. The van der Waals surface area contributed by atoms with Gasteiger partial charge >= 0.3 is 11.9 Å². The van der Waals surface area contributed by atoms with E-state index >= 15 is 0 Å². The Hall–Kier alpha value is -2.08. The zero-order chi connectivity index (χ0) is 17.9. The maximum atomic E-state index is 12.3. The van der Waals surface area contributed by atoms with Gasteiger partial charge in [0, 0.05) is 11.6 Å². The normalized spacial score (nSPS) is 37.6. The van der Waals surface area contributed by atoms with E-state index in [1.165, 1.54) is 6.26 Å². The molecule has 4 rings (SSSR count). The zero-order valence-corrected chi connectivity index (χ0v) is 14.6. The van der Waals surface area contributed by atoms with Crippen molar-refractivity contribution in [3.8, 4) is 0 Å². The van der Waals surface area contributed by atoms with Gasteiger partial charge < -0.3 is 19.3 Å². The number of carbonyl (C=O) groups excluding carboxylic acids is 2. The topological polar surface area (TPSA) is 82.1 Å². The van der Waals surface area contributed by atoms with Crippen LogP contribution in [0.1, 0.15) is 40.0 Å². The van der Waals surface area contributed by atoms with Gasteiger partial charge in [0.1, 0.15) is 6.10 Å². The molecule has 0 aromatic heterocycles. The van der Waals surface area contributed by atoms with E-state index in [2.05, 4.69) is 13.8 Å². The van der Waals surface area contributed by atoms with Crippen LogP contribution in [0.25, 0.3) is 0 Å². The number of ether oxygens (including phenoxy) is 3. The van der Waals surface area contributed by atoms with E-state index in [0.717, 1.165) is 30.4 Å². The van der Waals surface area contributed by atoms with Crippen molar-refractivity contribution in [3.63, 3.8) is 0 Å². The molecular formula is C19H22O6. The van der Waals surface area contributed by atoms with E-state index in [1.54, 1.807) is 13.0 Å². The Morgan fingerprint density at radius 1 is 1.28 bits per heavy atom. The first-order chi connectivity index (χ1) is 11.8. The molecule has 0 aromatic rings. The minimum Gasteiger partial charge on any atom is -0.458 e. The Kier molecular flexibility index (Phi) is 3.58. The molecule has 6 nitrogen and oxygen atoms in total. The van der Waals surface area contributed by atoms with Crippen LogP contribution >= 0.6 is 0 Å². The van der Waals surface area contributed by atoms with E-state index in [-0.39, 0.29) is 5.41 Å². The van der Waals surface area contributed by atoms with Gasteiger partial charge in [-0.25, -0.2) is 9.59 Å². The maximum Gasteiger partial charge on any atom is 0.338 e. The summed E-state index contributed by atoms with van der Waals surface area (Å²) in [5.74, 6) is -1.36. The molecule has 2 heterocycles. The highest BCUT2D eigenvalue weighted by Crippen LogP contribution is 2.54. The Labute approximate surface area is 146 Å². The van der Waals surface area contributed by atoms with Crippen LogP contribution in [-0.2, 0) is 23.8 Å². The summed E-state index contributed by atoms with van der Waals surface area (Å²) in [6.07, 6.45) is 3.70. The Balaban J connectivity index is 1.60. The zero-order valence-electron chi connectivity index (χ0n) is 14.6. The Morgan fingerprint density at radius 2 is 2.04 bits per heavy atom. The smallest absolute Gasteiger partial charge is 0.338 e. The van der Waals surface area contributed by atoms with Crippen LogP contribution in [0.2, 0.25) is 0 Å². The van der Waals surface area contributed by atoms with Crippen molar-refractivity contribution in [2.45, 2.75) is 58.5 Å². The first-order valence-corrected chi connectivity index (χ1v) is 8.67. The number of aliphatic hydroxyl groups excluding tert-OH is 1. The van der Waals surface area contributed by atoms with Crippen molar-refractivity contribution >= 4 is 11.9 Å². The summed E-state index contributed by atoms with van der Waals surface area (Å²) in [6, 6.07) is 0. The number of carbonyl (C=O) groups is 2. The van der Waals surface area contributed by atoms with Crippen molar-refractivity contribution in [1.82, 2.24) is 0 Å². The largest absolute Gasteiger partial charge is 0.458 e. The molecule has 2 aliphatic heterocycles. The summed E-state index contributed by atoms with van der Waals surface area (Å²) >= 11 is 0. The van der Waals surface area contributed by atoms with Gasteiger partial charge in [-0.2, -0.15) is 0 Å². The summed E-state index contributed by atoms with van der Waals surface area (Å²) in [6.45, 7) is 5.90. The molecule has 1 saturated heterocycles. The fraction of sp³-hybridized carbons (Fsp3) is 0.579. The van der Waals surface area contributed by atoms with E-state index in [4.69, 9.17) is 14.2 Å². The average molecular weight is 346 g/mol. The fourth-order valence-electron chi connectivity index (χ4n) is 4.49. The Bertz CT molecular complexity index is 741. The van der Waals surface area contributed by atoms with Crippen LogP contribution in [0, 0.1) is 11.3 Å². The fourth-order valence-corrected chi connectivity index (χ4v) is 4.49. The molecule has 0 spiro atoms. The predicted octanol–water partition coefficient (Wildman–Crippen LogP) is 2.14. The number of esters is 2. The molecule has 0 bridgehead atoms. The van der Waals surface area contributed by atoms with Crippen molar-refractivity contribution in [2.75, 3.05) is 0 Å². The lowest BCUT2D eigenvalue weighted by Gasteiger charge is -2.34. The van der Waals surface area contributed by atoms with Crippen LogP contribution in [0.15, 0.2) is 34.6 Å². The average Bonchev–Trinajstić information content (AvgIpc) is 3.11. The summed E-state index contributed by atoms with van der Waals surface area (Å²) in [4.78, 5) is 23.7. The monoisotopic (exact) mass is 346 g/mol. The summed E-state index contributed by atoms with van der Waals surface area (Å²) in [5.41, 5.74) is 2.75. The minimum atomic E-state index is -0.843. The number of rotatable bonds is 2. The second-order valence-electron chi connectivity index (χ2n) is 7.81.